The van der Waals surface area contributed by atoms with E-state index in [1.165, 1.54) is 64.2 Å². The first kappa shape index (κ1) is 39.0. The molecule has 0 aliphatic heterocycles. The van der Waals surface area contributed by atoms with E-state index in [0.29, 0.717) is 47.3 Å². The summed E-state index contributed by atoms with van der Waals surface area (Å²) < 4.78 is 0. The maximum atomic E-state index is 9.90. The van der Waals surface area contributed by atoms with Crippen LogP contribution in [0.1, 0.15) is 91.4 Å². The summed E-state index contributed by atoms with van der Waals surface area (Å²) in [7, 11) is 0. The molecule has 5 nitrogen and oxygen atoms in total. The monoisotopic (exact) mass is 620 g/mol. The lowest BCUT2D eigenvalue weighted by atomic mass is 9.43. The summed E-state index contributed by atoms with van der Waals surface area (Å²) >= 11 is 0. The van der Waals surface area contributed by atoms with Crippen LogP contribution in [0.25, 0.3) is 0 Å². The molecule has 10 atom stereocenters. The van der Waals surface area contributed by atoms with E-state index in [2.05, 4.69) is 31.4 Å². The third kappa shape index (κ3) is 7.86. The molecular formula is C29H60Cl4N4O. The van der Waals surface area contributed by atoms with E-state index in [0.717, 1.165) is 50.4 Å². The Balaban J connectivity index is 0.00000342. The van der Waals surface area contributed by atoms with Crippen molar-refractivity contribution in [3.8, 4) is 0 Å². The molecule has 0 radical (unpaired) electrons. The molecule has 0 aromatic carbocycles. The SMILES string of the molecule is C[C@H](CO)[C@H]1CC[C@H]2[C@@H]3[C@H](N)C[C@H]4C[C@@H](NCCCNCCCCN)CC[C@]4(C)[C@H]3CC[C@]12C.Cl.Cl.Cl.Cl. The molecule has 9 heteroatoms. The highest BCUT2D eigenvalue weighted by Crippen LogP contribution is 2.67. The topological polar surface area (TPSA) is 96.3 Å². The fourth-order valence-electron chi connectivity index (χ4n) is 9.65. The van der Waals surface area contributed by atoms with Gasteiger partial charge in [0.2, 0.25) is 0 Å². The fraction of sp³-hybridized carbons (Fsp3) is 1.00. The highest BCUT2D eigenvalue weighted by molar-refractivity contribution is 5.86. The van der Waals surface area contributed by atoms with Crippen molar-refractivity contribution in [3.05, 3.63) is 0 Å². The van der Waals surface area contributed by atoms with Crippen LogP contribution in [0.2, 0.25) is 0 Å². The second-order valence-corrected chi connectivity index (χ2v) is 13.3. The second kappa shape index (κ2) is 17.2. The number of fused-ring (bicyclic) bond motifs is 5. The molecule has 7 N–H and O–H groups in total. The van der Waals surface area contributed by atoms with Crippen LogP contribution < -0.4 is 22.1 Å². The van der Waals surface area contributed by atoms with Crippen LogP contribution >= 0.6 is 49.6 Å². The Morgan fingerprint density at radius 1 is 0.842 bits per heavy atom. The van der Waals surface area contributed by atoms with Gasteiger partial charge in [0, 0.05) is 18.7 Å². The molecule has 0 saturated heterocycles. The molecule has 4 aliphatic carbocycles. The summed E-state index contributed by atoms with van der Waals surface area (Å²) in [5.74, 6) is 4.16. The standard InChI is InChI=1S/C29H56N4O.4ClH/c1-20(19-34)23-7-8-24-27-25(10-12-29(23,24)3)28(2)11-9-22(17-21(28)18-26(27)31)33-16-6-15-32-14-5-4-13-30;;;;/h20-27,32-34H,4-19,30-31H2,1-3H3;4*1H/t20-,21-,22+,23-,24+,25+,26-,27+,28+,29-;;;;/m1..../s1. The van der Waals surface area contributed by atoms with Gasteiger partial charge in [-0.15, -0.1) is 49.6 Å². The maximum Gasteiger partial charge on any atom is 0.0459 e. The number of unbranched alkanes of at least 4 members (excludes halogenated alkanes) is 1. The zero-order valence-electron chi connectivity index (χ0n) is 24.2. The number of rotatable bonds is 11. The average molecular weight is 623 g/mol. The molecular weight excluding hydrogens is 562 g/mol. The third-order valence-corrected chi connectivity index (χ3v) is 11.6. The first-order valence-electron chi connectivity index (χ1n) is 14.9. The Kier molecular flexibility index (Phi) is 17.6. The molecule has 4 fully saturated rings. The van der Waals surface area contributed by atoms with Gasteiger partial charge in [-0.2, -0.15) is 0 Å². The molecule has 0 heterocycles. The van der Waals surface area contributed by atoms with Crippen LogP contribution in [0.3, 0.4) is 0 Å². The Hall–Kier alpha value is 0.960. The Bertz CT molecular complexity index is 664. The normalized spacial score (nSPS) is 40.1. The van der Waals surface area contributed by atoms with Crippen LogP contribution in [0.5, 0.6) is 0 Å². The lowest BCUT2D eigenvalue weighted by Gasteiger charge is -2.63. The average Bonchev–Trinajstić information content (AvgIpc) is 3.18. The van der Waals surface area contributed by atoms with Gasteiger partial charge >= 0.3 is 0 Å². The van der Waals surface area contributed by atoms with Crippen molar-refractivity contribution in [1.29, 1.82) is 0 Å². The number of nitrogens with two attached hydrogens (primary N) is 2. The summed E-state index contributed by atoms with van der Waals surface area (Å²) in [6.45, 7) is 12.0. The molecule has 4 rings (SSSR count). The van der Waals surface area contributed by atoms with Crippen molar-refractivity contribution < 1.29 is 5.11 Å². The number of aliphatic hydroxyl groups excluding tert-OH is 1. The summed E-state index contributed by atoms with van der Waals surface area (Å²) in [6, 6.07) is 1.04. The number of halogens is 4. The predicted octanol–water partition coefficient (Wildman–Crippen LogP) is 5.57. The fourth-order valence-corrected chi connectivity index (χ4v) is 9.65. The number of hydrogen-bond donors (Lipinski definition) is 5. The molecule has 0 amide bonds. The van der Waals surface area contributed by atoms with E-state index in [1.54, 1.807) is 0 Å². The summed E-state index contributed by atoms with van der Waals surface area (Å²) in [5, 5.41) is 17.4. The van der Waals surface area contributed by atoms with E-state index < -0.39 is 0 Å². The second-order valence-electron chi connectivity index (χ2n) is 13.3. The van der Waals surface area contributed by atoms with Gasteiger partial charge in [0.1, 0.15) is 0 Å². The smallest absolute Gasteiger partial charge is 0.0459 e. The van der Waals surface area contributed by atoms with Gasteiger partial charge in [-0.05, 0) is 143 Å². The minimum absolute atomic E-state index is 0. The number of nitrogens with one attached hydrogen (secondary N) is 2. The predicted molar refractivity (Wildman–Crippen MR) is 171 cm³/mol. The summed E-state index contributed by atoms with van der Waals surface area (Å²) in [4.78, 5) is 0. The van der Waals surface area contributed by atoms with E-state index in [1.807, 2.05) is 0 Å². The molecule has 38 heavy (non-hydrogen) atoms. The quantitative estimate of drug-likeness (QED) is 0.194. The molecule has 0 aromatic rings. The molecule has 0 bridgehead atoms. The van der Waals surface area contributed by atoms with Crippen molar-refractivity contribution in [2.75, 3.05) is 32.8 Å². The minimum Gasteiger partial charge on any atom is -0.396 e. The van der Waals surface area contributed by atoms with Crippen molar-refractivity contribution in [3.63, 3.8) is 0 Å². The number of aliphatic hydroxyl groups is 1. The zero-order valence-corrected chi connectivity index (χ0v) is 27.4. The molecule has 0 aromatic heterocycles. The summed E-state index contributed by atoms with van der Waals surface area (Å²) in [6.07, 6.45) is 14.1. The lowest BCUT2D eigenvalue weighted by Crippen LogP contribution is -2.61. The highest BCUT2D eigenvalue weighted by atomic mass is 35.5. The largest absolute Gasteiger partial charge is 0.396 e. The molecule has 4 aliphatic rings. The van der Waals surface area contributed by atoms with Crippen molar-refractivity contribution in [1.82, 2.24) is 10.6 Å². The van der Waals surface area contributed by atoms with Gasteiger partial charge in [-0.25, -0.2) is 0 Å². The maximum absolute atomic E-state index is 9.90. The van der Waals surface area contributed by atoms with E-state index in [-0.39, 0.29) is 49.6 Å². The summed E-state index contributed by atoms with van der Waals surface area (Å²) in [5.41, 5.74) is 13.5. The van der Waals surface area contributed by atoms with Crippen LogP contribution in [0, 0.1) is 46.3 Å². The van der Waals surface area contributed by atoms with Gasteiger partial charge in [0.05, 0.1) is 0 Å². The third-order valence-electron chi connectivity index (χ3n) is 11.6. The Labute approximate surface area is 258 Å². The lowest BCUT2D eigenvalue weighted by molar-refractivity contribution is -0.127. The highest BCUT2D eigenvalue weighted by Gasteiger charge is 2.62. The van der Waals surface area contributed by atoms with Crippen molar-refractivity contribution in [2.24, 2.45) is 57.8 Å². The van der Waals surface area contributed by atoms with E-state index >= 15 is 0 Å². The van der Waals surface area contributed by atoms with Gasteiger partial charge in [-0.3, -0.25) is 0 Å². The van der Waals surface area contributed by atoms with Gasteiger partial charge < -0.3 is 27.2 Å². The molecule has 0 spiro atoms. The van der Waals surface area contributed by atoms with E-state index in [9.17, 15) is 5.11 Å². The van der Waals surface area contributed by atoms with Crippen LogP contribution in [0.15, 0.2) is 0 Å². The number of hydrogen-bond acceptors (Lipinski definition) is 5. The molecule has 4 saturated carbocycles. The van der Waals surface area contributed by atoms with Gasteiger partial charge in [0.25, 0.3) is 0 Å². The van der Waals surface area contributed by atoms with Crippen molar-refractivity contribution >= 4 is 49.6 Å². The van der Waals surface area contributed by atoms with E-state index in [4.69, 9.17) is 11.5 Å². The van der Waals surface area contributed by atoms with Crippen LogP contribution in [-0.4, -0.2) is 50.0 Å². The Morgan fingerprint density at radius 3 is 2.18 bits per heavy atom. The first-order chi connectivity index (χ1) is 16.3. The molecule has 230 valence electrons. The van der Waals surface area contributed by atoms with Crippen molar-refractivity contribution in [2.45, 2.75) is 103 Å². The zero-order chi connectivity index (χ0) is 24.3. The van der Waals surface area contributed by atoms with Crippen LogP contribution in [0.4, 0.5) is 0 Å². The van der Waals surface area contributed by atoms with Crippen LogP contribution in [-0.2, 0) is 0 Å². The molecule has 0 unspecified atom stereocenters. The van der Waals surface area contributed by atoms with Gasteiger partial charge in [0.15, 0.2) is 0 Å². The Morgan fingerprint density at radius 2 is 1.50 bits per heavy atom. The first-order valence-corrected chi connectivity index (χ1v) is 14.9. The minimum atomic E-state index is 0. The van der Waals surface area contributed by atoms with Gasteiger partial charge in [-0.1, -0.05) is 20.8 Å².